The molecule has 0 aliphatic carbocycles. The molecule has 0 rings (SSSR count). The van der Waals surface area contributed by atoms with E-state index in [1.165, 1.54) is 6.92 Å². The van der Waals surface area contributed by atoms with Crippen LogP contribution in [0.25, 0.3) is 28.7 Å². The van der Waals surface area contributed by atoms with Crippen molar-refractivity contribution in [3.8, 4) is 0 Å². The smallest absolute Gasteiger partial charge is 0.679 e. The molecule has 8 nitrogen and oxygen atoms in total. The molecule has 0 fully saturated rings. The molecule has 0 amide bonds. The predicted molar refractivity (Wildman–Crippen MR) is 64.2 cm³/mol. The number of aliphatic hydroxyl groups excluding tert-OH is 1. The van der Waals surface area contributed by atoms with Gasteiger partial charge < -0.3 is 38.9 Å². The van der Waals surface area contributed by atoms with E-state index >= 15 is 0 Å². The van der Waals surface area contributed by atoms with E-state index in [1.807, 2.05) is 0 Å². The van der Waals surface area contributed by atoms with Crippen LogP contribution >= 0.6 is 0 Å². The van der Waals surface area contributed by atoms with Gasteiger partial charge in [0.25, 0.3) is 5.97 Å². The second-order valence-corrected chi connectivity index (χ2v) is 2.56. The van der Waals surface area contributed by atoms with Gasteiger partial charge in [-0.3, -0.25) is 4.79 Å². The summed E-state index contributed by atoms with van der Waals surface area (Å²) in [5.74, 6) is -1.29. The van der Waals surface area contributed by atoms with Crippen LogP contribution in [-0.2, 0) is 21.6 Å². The Balaban J connectivity index is -0.0000000806. The predicted octanol–water partition coefficient (Wildman–Crippen LogP) is 2.05. The topological polar surface area (TPSA) is 177 Å². The maximum Gasteiger partial charge on any atom is 2.00 e. The molecule has 0 aromatic carbocycles. The first-order valence-electron chi connectivity index (χ1n) is 4.59. The van der Waals surface area contributed by atoms with Gasteiger partial charge in [0.1, 0.15) is 0 Å². The SMILES string of the molecule is CC(O)C([NH-])C(=O)O.[Co+2].[NH-]CC[NH-].[NH-]CC[NH-]. The summed E-state index contributed by atoms with van der Waals surface area (Å²) < 4.78 is 0. The minimum absolute atomic E-state index is 0. The van der Waals surface area contributed by atoms with Gasteiger partial charge in [-0.05, 0) is 13.0 Å². The second-order valence-electron chi connectivity index (χ2n) is 2.56. The fourth-order valence-corrected chi connectivity index (χ4v) is 0.206. The van der Waals surface area contributed by atoms with Crippen molar-refractivity contribution in [3.63, 3.8) is 0 Å². The van der Waals surface area contributed by atoms with E-state index in [0.29, 0.717) is 0 Å². The monoisotopic (exact) mass is 293 g/mol. The van der Waals surface area contributed by atoms with Gasteiger partial charge in [-0.2, -0.15) is 26.2 Å². The van der Waals surface area contributed by atoms with Crippen molar-refractivity contribution in [1.29, 1.82) is 0 Å². The van der Waals surface area contributed by atoms with Crippen molar-refractivity contribution in [2.24, 2.45) is 0 Å². The average Bonchev–Trinajstić information content (AvgIpc) is 2.28. The Morgan fingerprint density at radius 2 is 1.29 bits per heavy atom. The molecular formula is C8H20CoN5O3-3. The van der Waals surface area contributed by atoms with Gasteiger partial charge in [-0.1, -0.05) is 0 Å². The standard InChI is InChI=1S/C4H8NO3.2C2H6N2.Co/c1-2(6)3(5)4(7)8;2*3-1-2-4;/h2-3,5-6H,1H3,(H,7,8);2*3-4H,1-2H2;/q-1;2*-2;+2. The Kier molecular flexibility index (Phi) is 31.7. The van der Waals surface area contributed by atoms with Gasteiger partial charge in [0.2, 0.25) is 0 Å². The van der Waals surface area contributed by atoms with Crippen LogP contribution in [0.5, 0.6) is 0 Å². The van der Waals surface area contributed by atoms with Crippen LogP contribution in [0.2, 0.25) is 0 Å². The molecule has 2 unspecified atom stereocenters. The van der Waals surface area contributed by atoms with Crippen LogP contribution in [-0.4, -0.2) is 54.5 Å². The van der Waals surface area contributed by atoms with Crippen molar-refractivity contribution >= 4 is 5.97 Å². The maximum atomic E-state index is 9.79. The van der Waals surface area contributed by atoms with E-state index in [4.69, 9.17) is 38.9 Å². The number of nitrogens with one attached hydrogen (secondary N) is 5. The van der Waals surface area contributed by atoms with Gasteiger partial charge >= 0.3 is 16.8 Å². The molecular weight excluding hydrogens is 273 g/mol. The van der Waals surface area contributed by atoms with Gasteiger partial charge in [0, 0.05) is 6.10 Å². The van der Waals surface area contributed by atoms with Crippen molar-refractivity contribution in [1.82, 2.24) is 0 Å². The van der Waals surface area contributed by atoms with E-state index in [0.717, 1.165) is 0 Å². The average molecular weight is 293 g/mol. The zero-order chi connectivity index (χ0) is 13.6. The molecule has 0 aromatic heterocycles. The van der Waals surface area contributed by atoms with Crippen LogP contribution in [0.4, 0.5) is 0 Å². The van der Waals surface area contributed by atoms with Gasteiger partial charge in [-0.15, -0.1) is 0 Å². The zero-order valence-corrected chi connectivity index (χ0v) is 10.7. The first-order valence-corrected chi connectivity index (χ1v) is 4.59. The number of hydrogen-bond donors (Lipinski definition) is 2. The summed E-state index contributed by atoms with van der Waals surface area (Å²) in [7, 11) is 0. The number of carbonyl (C=O) groups is 1. The molecule has 0 heterocycles. The minimum atomic E-state index is -1.41. The van der Waals surface area contributed by atoms with Crippen LogP contribution < -0.4 is 0 Å². The summed E-state index contributed by atoms with van der Waals surface area (Å²) in [4.78, 5) is 9.79. The zero-order valence-electron chi connectivity index (χ0n) is 9.62. The van der Waals surface area contributed by atoms with E-state index in [2.05, 4.69) is 0 Å². The Labute approximate surface area is 112 Å². The molecule has 0 spiro atoms. The van der Waals surface area contributed by atoms with Crippen LogP contribution in [0, 0.1) is 0 Å². The summed E-state index contributed by atoms with van der Waals surface area (Å²) in [5, 5.41) is 16.4. The largest absolute Gasteiger partial charge is 2.00 e. The van der Waals surface area contributed by atoms with Crippen molar-refractivity contribution in [2.45, 2.75) is 19.1 Å². The van der Waals surface area contributed by atoms with Gasteiger partial charge in [0.15, 0.2) is 0 Å². The molecule has 0 aromatic rings. The Morgan fingerprint density at radius 3 is 1.29 bits per heavy atom. The third-order valence-corrected chi connectivity index (χ3v) is 0.998. The quantitative estimate of drug-likeness (QED) is 0.807. The Morgan fingerprint density at radius 1 is 1.06 bits per heavy atom. The van der Waals surface area contributed by atoms with E-state index < -0.39 is 18.1 Å². The van der Waals surface area contributed by atoms with Gasteiger partial charge in [-0.25, -0.2) is 0 Å². The third kappa shape index (κ3) is 31.3. The summed E-state index contributed by atoms with van der Waals surface area (Å²) in [6, 6.07) is -1.41. The molecule has 0 aliphatic heterocycles. The van der Waals surface area contributed by atoms with E-state index in [-0.39, 0.29) is 43.0 Å². The number of carboxylic acids is 1. The fourth-order valence-electron chi connectivity index (χ4n) is 0.206. The Hall–Kier alpha value is -0.264. The first kappa shape index (κ1) is 25.5. The van der Waals surface area contributed by atoms with Crippen molar-refractivity contribution < 1.29 is 31.8 Å². The number of hydrogen-bond acceptors (Lipinski definition) is 2. The molecule has 7 N–H and O–H groups in total. The summed E-state index contributed by atoms with van der Waals surface area (Å²) >= 11 is 0. The normalized spacial score (nSPS) is 11.7. The minimum Gasteiger partial charge on any atom is -0.679 e. The van der Waals surface area contributed by atoms with Crippen LogP contribution in [0.15, 0.2) is 0 Å². The molecule has 107 valence electrons. The summed E-state index contributed by atoms with van der Waals surface area (Å²) in [6.45, 7) is 2.21. The molecule has 2 atom stereocenters. The van der Waals surface area contributed by atoms with E-state index in [1.54, 1.807) is 0 Å². The van der Waals surface area contributed by atoms with Crippen molar-refractivity contribution in [3.05, 3.63) is 28.7 Å². The molecule has 0 bridgehead atoms. The molecule has 9 heteroatoms. The number of rotatable bonds is 4. The van der Waals surface area contributed by atoms with Crippen molar-refractivity contribution in [2.75, 3.05) is 26.2 Å². The molecule has 1 radical (unpaired) electrons. The maximum absolute atomic E-state index is 9.79. The molecule has 0 saturated carbocycles. The molecule has 0 aliphatic rings. The number of carboxylic acid groups (broad SMARTS) is 1. The number of aliphatic carboxylic acids is 1. The third-order valence-electron chi connectivity index (χ3n) is 0.998. The summed E-state index contributed by atoms with van der Waals surface area (Å²) in [6.07, 6.45) is -1.09. The second kappa shape index (κ2) is 21.1. The number of aliphatic hydroxyl groups is 1. The molecule has 17 heavy (non-hydrogen) atoms. The van der Waals surface area contributed by atoms with Crippen LogP contribution in [0.1, 0.15) is 6.92 Å². The first-order chi connectivity index (χ1) is 7.38. The fraction of sp³-hybridized carbons (Fsp3) is 0.875. The summed E-state index contributed by atoms with van der Waals surface area (Å²) in [5.41, 5.74) is 31.7. The van der Waals surface area contributed by atoms with Crippen LogP contribution in [0.3, 0.4) is 0 Å². The molecule has 0 saturated heterocycles. The van der Waals surface area contributed by atoms with Gasteiger partial charge in [0.05, 0.1) is 0 Å². The Bertz CT molecular complexity index is 143. The van der Waals surface area contributed by atoms with E-state index in [9.17, 15) is 4.79 Å².